The van der Waals surface area contributed by atoms with Gasteiger partial charge < -0.3 is 15.5 Å². The van der Waals surface area contributed by atoms with Crippen LogP contribution in [0.5, 0.6) is 0 Å². The van der Waals surface area contributed by atoms with Crippen molar-refractivity contribution in [2.45, 2.75) is 26.7 Å². The van der Waals surface area contributed by atoms with Gasteiger partial charge in [-0.25, -0.2) is 4.79 Å². The van der Waals surface area contributed by atoms with Crippen molar-refractivity contribution in [2.75, 3.05) is 28.6 Å². The number of hydrogen-bond acceptors (Lipinski definition) is 4. The van der Waals surface area contributed by atoms with Crippen LogP contribution < -0.4 is 15.5 Å². The fourth-order valence-electron chi connectivity index (χ4n) is 3.64. The number of amides is 2. The smallest absolute Gasteiger partial charge is 0.323 e. The standard InChI is InChI=1S/C24H26ClN5O/c1-16-12-14-30(15-13-16)23-11-10-22(28-29-23)18-6-8-19(9-7-18)26-24(31)27-21-5-3-4-20(25)17(21)2/h3-11,16H,12-15H2,1-2H3,(H2,26,27,31). The van der Waals surface area contributed by atoms with E-state index in [0.717, 1.165) is 41.6 Å². The molecule has 2 amide bonds. The lowest BCUT2D eigenvalue weighted by Gasteiger charge is -2.30. The molecule has 2 heterocycles. The number of aromatic nitrogens is 2. The first-order chi connectivity index (χ1) is 15.0. The second-order valence-electron chi connectivity index (χ2n) is 8.02. The highest BCUT2D eigenvalue weighted by atomic mass is 35.5. The highest BCUT2D eigenvalue weighted by molar-refractivity contribution is 6.31. The number of nitrogens with one attached hydrogen (secondary N) is 2. The number of anilines is 3. The van der Waals surface area contributed by atoms with Crippen LogP contribution in [0.4, 0.5) is 22.0 Å². The fourth-order valence-corrected chi connectivity index (χ4v) is 3.81. The molecule has 0 unspecified atom stereocenters. The number of carbonyl (C=O) groups excluding carboxylic acids is 1. The molecule has 4 rings (SSSR count). The summed E-state index contributed by atoms with van der Waals surface area (Å²) in [5, 5.41) is 15.1. The first-order valence-corrected chi connectivity index (χ1v) is 10.9. The minimum Gasteiger partial charge on any atom is -0.355 e. The highest BCUT2D eigenvalue weighted by Crippen LogP contribution is 2.25. The summed E-state index contributed by atoms with van der Waals surface area (Å²) < 4.78 is 0. The van der Waals surface area contributed by atoms with E-state index in [-0.39, 0.29) is 6.03 Å². The van der Waals surface area contributed by atoms with E-state index in [2.05, 4.69) is 32.7 Å². The summed E-state index contributed by atoms with van der Waals surface area (Å²) in [6.45, 7) is 6.23. The average Bonchev–Trinajstić information content (AvgIpc) is 2.78. The van der Waals surface area contributed by atoms with Crippen LogP contribution in [0, 0.1) is 12.8 Å². The summed E-state index contributed by atoms with van der Waals surface area (Å²) in [4.78, 5) is 14.6. The Morgan fingerprint density at radius 2 is 1.74 bits per heavy atom. The summed E-state index contributed by atoms with van der Waals surface area (Å²) in [5.41, 5.74) is 3.95. The van der Waals surface area contributed by atoms with Gasteiger partial charge in [-0.1, -0.05) is 36.7 Å². The number of piperidine rings is 1. The molecule has 2 N–H and O–H groups in total. The van der Waals surface area contributed by atoms with Crippen molar-refractivity contribution in [1.29, 1.82) is 0 Å². The third-order valence-corrected chi connectivity index (χ3v) is 6.12. The Morgan fingerprint density at radius 1 is 1.00 bits per heavy atom. The third-order valence-electron chi connectivity index (χ3n) is 5.71. The van der Waals surface area contributed by atoms with Crippen molar-refractivity contribution in [3.63, 3.8) is 0 Å². The molecule has 0 atom stereocenters. The van der Waals surface area contributed by atoms with Gasteiger partial charge in [0.2, 0.25) is 0 Å². The maximum absolute atomic E-state index is 12.3. The molecule has 1 aromatic heterocycles. The van der Waals surface area contributed by atoms with Gasteiger partial charge in [-0.15, -0.1) is 10.2 Å². The van der Waals surface area contributed by atoms with E-state index in [1.165, 1.54) is 12.8 Å². The molecule has 1 fully saturated rings. The van der Waals surface area contributed by atoms with Gasteiger partial charge in [0.1, 0.15) is 0 Å². The van der Waals surface area contributed by atoms with E-state index in [1.54, 1.807) is 12.1 Å². The van der Waals surface area contributed by atoms with Gasteiger partial charge in [0, 0.05) is 35.1 Å². The number of benzene rings is 2. The number of nitrogens with zero attached hydrogens (tertiary/aromatic N) is 3. The van der Waals surface area contributed by atoms with Crippen LogP contribution in [-0.2, 0) is 0 Å². The Kier molecular flexibility index (Phi) is 6.37. The maximum Gasteiger partial charge on any atom is 0.323 e. The van der Waals surface area contributed by atoms with Crippen molar-refractivity contribution < 1.29 is 4.79 Å². The van der Waals surface area contributed by atoms with Crippen LogP contribution in [0.1, 0.15) is 25.3 Å². The van der Waals surface area contributed by atoms with E-state index < -0.39 is 0 Å². The number of urea groups is 1. The summed E-state index contributed by atoms with van der Waals surface area (Å²) in [6, 6.07) is 16.7. The molecule has 31 heavy (non-hydrogen) atoms. The van der Waals surface area contributed by atoms with E-state index in [0.29, 0.717) is 16.4 Å². The molecule has 6 nitrogen and oxygen atoms in total. The minimum atomic E-state index is -0.321. The van der Waals surface area contributed by atoms with Crippen LogP contribution in [-0.4, -0.2) is 29.3 Å². The molecule has 1 aliphatic rings. The number of halogens is 1. The lowest BCUT2D eigenvalue weighted by atomic mass is 9.99. The highest BCUT2D eigenvalue weighted by Gasteiger charge is 2.17. The van der Waals surface area contributed by atoms with Crippen LogP contribution in [0.2, 0.25) is 5.02 Å². The molecule has 0 radical (unpaired) electrons. The SMILES string of the molecule is Cc1c(Cl)cccc1NC(=O)Nc1ccc(-c2ccc(N3CCC(C)CC3)nn2)cc1. The van der Waals surface area contributed by atoms with Crippen LogP contribution in [0.25, 0.3) is 11.3 Å². The van der Waals surface area contributed by atoms with Gasteiger partial charge in [0.25, 0.3) is 0 Å². The van der Waals surface area contributed by atoms with Crippen LogP contribution in [0.3, 0.4) is 0 Å². The first kappa shape index (κ1) is 21.1. The maximum atomic E-state index is 12.3. The zero-order chi connectivity index (χ0) is 21.8. The van der Waals surface area contributed by atoms with Gasteiger partial charge in [-0.2, -0.15) is 0 Å². The van der Waals surface area contributed by atoms with E-state index in [9.17, 15) is 4.79 Å². The largest absolute Gasteiger partial charge is 0.355 e. The lowest BCUT2D eigenvalue weighted by molar-refractivity contribution is 0.262. The van der Waals surface area contributed by atoms with Crippen molar-refractivity contribution in [3.05, 3.63) is 65.2 Å². The van der Waals surface area contributed by atoms with E-state index in [4.69, 9.17) is 11.6 Å². The van der Waals surface area contributed by atoms with Gasteiger partial charge in [-0.3, -0.25) is 0 Å². The van der Waals surface area contributed by atoms with Crippen molar-refractivity contribution in [1.82, 2.24) is 10.2 Å². The quantitative estimate of drug-likeness (QED) is 0.528. The summed E-state index contributed by atoms with van der Waals surface area (Å²) in [6.07, 6.45) is 2.39. The number of carbonyl (C=O) groups is 1. The number of hydrogen-bond donors (Lipinski definition) is 2. The number of rotatable bonds is 4. The second-order valence-corrected chi connectivity index (χ2v) is 8.42. The molecule has 0 aliphatic carbocycles. The lowest BCUT2D eigenvalue weighted by Crippen LogP contribution is -2.33. The van der Waals surface area contributed by atoms with Crippen molar-refractivity contribution in [3.8, 4) is 11.3 Å². The van der Waals surface area contributed by atoms with Crippen molar-refractivity contribution >= 4 is 34.8 Å². The zero-order valence-corrected chi connectivity index (χ0v) is 18.5. The van der Waals surface area contributed by atoms with Gasteiger partial charge in [0.05, 0.1) is 5.69 Å². The Morgan fingerprint density at radius 3 is 2.42 bits per heavy atom. The molecular formula is C24H26ClN5O. The Labute approximate surface area is 187 Å². The molecule has 0 bridgehead atoms. The summed E-state index contributed by atoms with van der Waals surface area (Å²) in [7, 11) is 0. The molecule has 2 aromatic carbocycles. The van der Waals surface area contributed by atoms with E-state index in [1.807, 2.05) is 49.4 Å². The Hall–Kier alpha value is -3.12. The van der Waals surface area contributed by atoms with Gasteiger partial charge >= 0.3 is 6.03 Å². The second kappa shape index (κ2) is 9.35. The molecular weight excluding hydrogens is 410 g/mol. The molecule has 0 spiro atoms. The minimum absolute atomic E-state index is 0.321. The molecule has 1 saturated heterocycles. The topological polar surface area (TPSA) is 70.2 Å². The molecule has 7 heteroatoms. The predicted molar refractivity (Wildman–Crippen MR) is 127 cm³/mol. The molecule has 0 saturated carbocycles. The van der Waals surface area contributed by atoms with Crippen molar-refractivity contribution in [2.24, 2.45) is 5.92 Å². The zero-order valence-electron chi connectivity index (χ0n) is 17.7. The summed E-state index contributed by atoms with van der Waals surface area (Å²) >= 11 is 6.11. The molecule has 3 aromatic rings. The third kappa shape index (κ3) is 5.14. The fraction of sp³-hybridized carbons (Fsp3) is 0.292. The Balaban J connectivity index is 1.37. The van der Waals surface area contributed by atoms with Crippen LogP contribution >= 0.6 is 11.6 Å². The first-order valence-electron chi connectivity index (χ1n) is 10.5. The van der Waals surface area contributed by atoms with Gasteiger partial charge in [-0.05, 0) is 67.6 Å². The monoisotopic (exact) mass is 435 g/mol. The summed E-state index contributed by atoms with van der Waals surface area (Å²) in [5.74, 6) is 1.72. The molecule has 1 aliphatic heterocycles. The predicted octanol–water partition coefficient (Wildman–Crippen LogP) is 5.99. The Bertz CT molecular complexity index is 1040. The average molecular weight is 436 g/mol. The molecule has 160 valence electrons. The van der Waals surface area contributed by atoms with Crippen LogP contribution in [0.15, 0.2) is 54.6 Å². The normalized spacial score (nSPS) is 14.4. The van der Waals surface area contributed by atoms with Gasteiger partial charge in [0.15, 0.2) is 5.82 Å². The van der Waals surface area contributed by atoms with E-state index >= 15 is 0 Å².